The van der Waals surface area contributed by atoms with Crippen molar-refractivity contribution < 1.29 is 14.4 Å². The smallest absolute Gasteiger partial charge is 0.325 e. The summed E-state index contributed by atoms with van der Waals surface area (Å²) in [4.78, 5) is 41.6. The van der Waals surface area contributed by atoms with Crippen molar-refractivity contribution in [2.24, 2.45) is 0 Å². The Kier molecular flexibility index (Phi) is 5.56. The summed E-state index contributed by atoms with van der Waals surface area (Å²) in [6, 6.07) is 22.4. The molecule has 4 amide bonds. The van der Waals surface area contributed by atoms with Gasteiger partial charge in [-0.15, -0.1) is 0 Å². The van der Waals surface area contributed by atoms with Crippen LogP contribution >= 0.6 is 0 Å². The number of carbonyl (C=O) groups excluding carboxylic acids is 3. The fourth-order valence-corrected chi connectivity index (χ4v) is 4.47. The van der Waals surface area contributed by atoms with Crippen LogP contribution in [0.1, 0.15) is 18.1 Å². The Bertz CT molecular complexity index is 1430. The van der Waals surface area contributed by atoms with Gasteiger partial charge in [-0.05, 0) is 35.4 Å². The normalized spacial score (nSPS) is 17.6. The minimum Gasteiger partial charge on any atom is -0.340 e. The minimum atomic E-state index is -1.26. The third kappa shape index (κ3) is 4.03. The number of hydrogen-bond acceptors (Lipinski definition) is 4. The maximum Gasteiger partial charge on any atom is 0.325 e. The molecule has 0 saturated carbocycles. The number of nitrogens with zero attached hydrogens (tertiary/aromatic N) is 4. The molecular weight excluding hydrogens is 442 g/mol. The van der Waals surface area contributed by atoms with E-state index in [1.54, 1.807) is 24.9 Å². The molecule has 0 aliphatic carbocycles. The quantitative estimate of drug-likeness (QED) is 0.440. The van der Waals surface area contributed by atoms with E-state index in [2.05, 4.69) is 10.4 Å². The largest absolute Gasteiger partial charge is 0.340 e. The minimum absolute atomic E-state index is 0.301. The molecule has 35 heavy (non-hydrogen) atoms. The van der Waals surface area contributed by atoms with E-state index in [0.29, 0.717) is 12.1 Å². The summed E-state index contributed by atoms with van der Waals surface area (Å²) in [6.07, 6.45) is 3.55. The van der Waals surface area contributed by atoms with Crippen LogP contribution < -0.4 is 5.32 Å². The van der Waals surface area contributed by atoms with Crippen molar-refractivity contribution in [3.05, 3.63) is 96.3 Å². The highest BCUT2D eigenvalue weighted by atomic mass is 16.2. The monoisotopic (exact) mass is 467 g/mol. The number of nitrogens with one attached hydrogen (secondary N) is 1. The lowest BCUT2D eigenvalue weighted by molar-refractivity contribution is -0.138. The maximum atomic E-state index is 13.4. The second-order valence-corrected chi connectivity index (χ2v) is 8.85. The Hall–Kier alpha value is -4.46. The van der Waals surface area contributed by atoms with Crippen LogP contribution in [0.15, 0.2) is 85.2 Å². The lowest BCUT2D eigenvalue weighted by Gasteiger charge is -2.24. The Morgan fingerprint density at radius 3 is 2.51 bits per heavy atom. The summed E-state index contributed by atoms with van der Waals surface area (Å²) in [5, 5.41) is 9.01. The molecule has 8 heteroatoms. The van der Waals surface area contributed by atoms with Gasteiger partial charge in [-0.2, -0.15) is 5.10 Å². The molecule has 1 unspecified atom stereocenters. The zero-order valence-corrected chi connectivity index (χ0v) is 19.5. The van der Waals surface area contributed by atoms with Gasteiger partial charge in [0.25, 0.3) is 5.91 Å². The summed E-state index contributed by atoms with van der Waals surface area (Å²) in [7, 11) is 1.64. The van der Waals surface area contributed by atoms with Crippen molar-refractivity contribution in [1.82, 2.24) is 24.9 Å². The zero-order valence-electron chi connectivity index (χ0n) is 19.5. The van der Waals surface area contributed by atoms with Crippen LogP contribution in [-0.2, 0) is 21.7 Å². The number of imide groups is 1. The molecule has 0 spiro atoms. The molecular formula is C27H25N5O3. The van der Waals surface area contributed by atoms with Gasteiger partial charge in [0.15, 0.2) is 0 Å². The molecule has 5 rings (SSSR count). The highest BCUT2D eigenvalue weighted by Crippen LogP contribution is 2.33. The van der Waals surface area contributed by atoms with E-state index in [1.807, 2.05) is 79.0 Å². The lowest BCUT2D eigenvalue weighted by Crippen LogP contribution is -2.43. The van der Waals surface area contributed by atoms with Crippen LogP contribution in [0.5, 0.6) is 0 Å². The molecule has 4 aromatic rings. The molecule has 8 nitrogen and oxygen atoms in total. The highest BCUT2D eigenvalue weighted by molar-refractivity contribution is 6.10. The zero-order chi connectivity index (χ0) is 24.6. The third-order valence-electron chi connectivity index (χ3n) is 6.40. The van der Waals surface area contributed by atoms with E-state index < -0.39 is 17.5 Å². The van der Waals surface area contributed by atoms with E-state index in [9.17, 15) is 14.4 Å². The van der Waals surface area contributed by atoms with Crippen molar-refractivity contribution in [3.8, 4) is 5.69 Å². The van der Waals surface area contributed by atoms with Crippen molar-refractivity contribution in [1.29, 1.82) is 0 Å². The maximum absolute atomic E-state index is 13.4. The van der Waals surface area contributed by atoms with E-state index in [-0.39, 0.29) is 12.5 Å². The molecule has 2 heterocycles. The summed E-state index contributed by atoms with van der Waals surface area (Å²) in [5.74, 6) is -0.791. The Morgan fingerprint density at radius 1 is 1.00 bits per heavy atom. The first-order valence-corrected chi connectivity index (χ1v) is 11.3. The number of aromatic nitrogens is 2. The van der Waals surface area contributed by atoms with Crippen LogP contribution in [0.4, 0.5) is 4.79 Å². The fourth-order valence-electron chi connectivity index (χ4n) is 4.47. The van der Waals surface area contributed by atoms with Gasteiger partial charge in [0.2, 0.25) is 5.91 Å². The number of amides is 4. The first-order valence-electron chi connectivity index (χ1n) is 11.3. The number of urea groups is 1. The van der Waals surface area contributed by atoms with Gasteiger partial charge in [-0.1, -0.05) is 60.7 Å². The molecule has 1 aliphatic rings. The molecule has 1 N–H and O–H groups in total. The molecule has 3 aromatic carbocycles. The van der Waals surface area contributed by atoms with Crippen LogP contribution in [0.25, 0.3) is 16.5 Å². The molecule has 1 aliphatic heterocycles. The molecule has 1 saturated heterocycles. The van der Waals surface area contributed by atoms with Crippen molar-refractivity contribution in [2.45, 2.75) is 19.0 Å². The average molecular weight is 468 g/mol. The fraction of sp³-hybridized carbons (Fsp3) is 0.185. The SMILES string of the molecule is CN(Cc1cnn(-c2ccccc2)c1)C(=O)CN1C(=O)NC(C)(c2cccc3ccccc23)C1=O. The molecule has 176 valence electrons. The van der Waals surface area contributed by atoms with Crippen LogP contribution in [0, 0.1) is 0 Å². The Labute approximate surface area is 202 Å². The van der Waals surface area contributed by atoms with Gasteiger partial charge in [0.1, 0.15) is 12.1 Å². The standard InChI is InChI=1S/C27H25N5O3/c1-27(23-14-8-10-20-9-6-7-13-22(20)23)25(34)31(26(35)29-27)18-24(33)30(2)16-19-15-28-32(17-19)21-11-4-3-5-12-21/h3-15,17H,16,18H2,1-2H3,(H,29,35). The molecule has 1 aromatic heterocycles. The second kappa shape index (κ2) is 8.72. The summed E-state index contributed by atoms with van der Waals surface area (Å²) >= 11 is 0. The number of carbonyl (C=O) groups is 3. The number of rotatable bonds is 6. The first-order chi connectivity index (χ1) is 16.9. The van der Waals surface area contributed by atoms with E-state index in [4.69, 9.17) is 0 Å². The Balaban J connectivity index is 1.30. The first kappa shape index (κ1) is 22.3. The third-order valence-corrected chi connectivity index (χ3v) is 6.40. The lowest BCUT2D eigenvalue weighted by atomic mass is 9.88. The second-order valence-electron chi connectivity index (χ2n) is 8.85. The number of para-hydroxylation sites is 1. The van der Waals surface area contributed by atoms with Gasteiger partial charge < -0.3 is 10.2 Å². The van der Waals surface area contributed by atoms with Crippen molar-refractivity contribution in [2.75, 3.05) is 13.6 Å². The number of likely N-dealkylation sites (N-methyl/N-ethyl adjacent to an activating group) is 1. The van der Waals surface area contributed by atoms with Crippen LogP contribution in [0.2, 0.25) is 0 Å². The molecule has 1 atom stereocenters. The Morgan fingerprint density at radius 2 is 1.71 bits per heavy atom. The molecule has 0 radical (unpaired) electrons. The number of benzene rings is 3. The van der Waals surface area contributed by atoms with Crippen molar-refractivity contribution >= 4 is 28.6 Å². The van der Waals surface area contributed by atoms with Crippen LogP contribution in [-0.4, -0.2) is 51.0 Å². The topological polar surface area (TPSA) is 87.5 Å². The highest BCUT2D eigenvalue weighted by Gasteiger charge is 2.50. The van der Waals surface area contributed by atoms with Gasteiger partial charge >= 0.3 is 6.03 Å². The van der Waals surface area contributed by atoms with Gasteiger partial charge in [0.05, 0.1) is 11.9 Å². The van der Waals surface area contributed by atoms with Crippen molar-refractivity contribution in [3.63, 3.8) is 0 Å². The van der Waals surface area contributed by atoms with Gasteiger partial charge in [-0.25, -0.2) is 9.48 Å². The van der Waals surface area contributed by atoms with E-state index >= 15 is 0 Å². The molecule has 0 bridgehead atoms. The summed E-state index contributed by atoms with van der Waals surface area (Å²) in [5.41, 5.74) is 1.20. The predicted octanol–water partition coefficient (Wildman–Crippen LogP) is 3.45. The average Bonchev–Trinajstić information content (AvgIpc) is 3.42. The van der Waals surface area contributed by atoms with Gasteiger partial charge in [0, 0.05) is 25.4 Å². The predicted molar refractivity (Wildman–Crippen MR) is 132 cm³/mol. The van der Waals surface area contributed by atoms with Crippen LogP contribution in [0.3, 0.4) is 0 Å². The van der Waals surface area contributed by atoms with E-state index in [1.165, 1.54) is 4.90 Å². The van der Waals surface area contributed by atoms with E-state index in [0.717, 1.165) is 26.9 Å². The number of fused-ring (bicyclic) bond motifs is 1. The van der Waals surface area contributed by atoms with Gasteiger partial charge in [-0.3, -0.25) is 14.5 Å². The number of hydrogen-bond donors (Lipinski definition) is 1. The summed E-state index contributed by atoms with van der Waals surface area (Å²) in [6.45, 7) is 1.64. The summed E-state index contributed by atoms with van der Waals surface area (Å²) < 4.78 is 1.74. The molecule has 1 fully saturated rings.